The Bertz CT molecular complexity index is 874. The molecule has 1 aromatic carbocycles. The first kappa shape index (κ1) is 13.3. The van der Waals surface area contributed by atoms with Gasteiger partial charge in [-0.1, -0.05) is 18.2 Å². The molecule has 4 heteroatoms. The van der Waals surface area contributed by atoms with Gasteiger partial charge in [0.25, 0.3) is 0 Å². The number of hydrogen-bond acceptors (Lipinski definition) is 3. The van der Waals surface area contributed by atoms with Crippen molar-refractivity contribution >= 4 is 10.9 Å². The van der Waals surface area contributed by atoms with Crippen molar-refractivity contribution in [2.24, 2.45) is 0 Å². The molecule has 2 aliphatic rings. The zero-order valence-corrected chi connectivity index (χ0v) is 13.1. The van der Waals surface area contributed by atoms with Gasteiger partial charge < -0.3 is 5.32 Å². The molecule has 2 aliphatic heterocycles. The summed E-state index contributed by atoms with van der Waals surface area (Å²) in [4.78, 5) is 4.59. The van der Waals surface area contributed by atoms with Crippen molar-refractivity contribution in [3.05, 3.63) is 48.3 Å². The maximum Gasteiger partial charge on any atom is 0.0941 e. The van der Waals surface area contributed by atoms with Gasteiger partial charge in [0.05, 0.1) is 11.2 Å². The van der Waals surface area contributed by atoms with E-state index >= 15 is 0 Å². The maximum absolute atomic E-state index is 4.90. The molecule has 4 heterocycles. The predicted molar refractivity (Wildman–Crippen MR) is 91.4 cm³/mol. The lowest BCUT2D eigenvalue weighted by Crippen LogP contribution is -2.35. The normalized spacial score (nSPS) is 23.5. The van der Waals surface area contributed by atoms with Gasteiger partial charge in [0, 0.05) is 41.3 Å². The number of nitrogens with zero attached hydrogens (tertiary/aromatic N) is 3. The molecule has 0 saturated carbocycles. The average Bonchev–Trinajstić information content (AvgIpc) is 3.23. The molecule has 0 bridgehead atoms. The molecule has 23 heavy (non-hydrogen) atoms. The van der Waals surface area contributed by atoms with Gasteiger partial charge in [0.1, 0.15) is 0 Å². The molecule has 1 fully saturated rings. The van der Waals surface area contributed by atoms with Crippen LogP contribution in [0, 0.1) is 0 Å². The molecule has 1 spiro atoms. The Morgan fingerprint density at radius 2 is 2.09 bits per heavy atom. The third-order valence-electron chi connectivity index (χ3n) is 5.48. The van der Waals surface area contributed by atoms with Crippen LogP contribution < -0.4 is 5.32 Å². The van der Waals surface area contributed by atoms with Crippen LogP contribution in [0.3, 0.4) is 0 Å². The van der Waals surface area contributed by atoms with Gasteiger partial charge in [0.2, 0.25) is 0 Å². The predicted octanol–water partition coefficient (Wildman–Crippen LogP) is 3.12. The molecule has 0 amide bonds. The lowest BCUT2D eigenvalue weighted by Gasteiger charge is -2.33. The van der Waals surface area contributed by atoms with E-state index in [4.69, 9.17) is 5.10 Å². The minimum atomic E-state index is 0.299. The molecule has 1 unspecified atom stereocenters. The number of para-hydroxylation sites is 1. The van der Waals surface area contributed by atoms with Crippen molar-refractivity contribution in [2.75, 3.05) is 13.1 Å². The van der Waals surface area contributed by atoms with Gasteiger partial charge >= 0.3 is 0 Å². The van der Waals surface area contributed by atoms with E-state index in [9.17, 15) is 0 Å². The van der Waals surface area contributed by atoms with E-state index in [1.165, 1.54) is 30.3 Å². The summed E-state index contributed by atoms with van der Waals surface area (Å²) < 4.78 is 2.24. The minimum absolute atomic E-state index is 0.299. The zero-order valence-electron chi connectivity index (χ0n) is 13.1. The maximum atomic E-state index is 4.90. The molecule has 2 aromatic heterocycles. The van der Waals surface area contributed by atoms with Crippen molar-refractivity contribution in [3.8, 4) is 11.3 Å². The van der Waals surface area contributed by atoms with E-state index in [1.807, 2.05) is 12.3 Å². The Balaban J connectivity index is 1.62. The molecule has 4 nitrogen and oxygen atoms in total. The minimum Gasteiger partial charge on any atom is -0.316 e. The summed E-state index contributed by atoms with van der Waals surface area (Å²) >= 11 is 0. The standard InChI is InChI=1S/C19H20N4/c1-2-5-16-14(4-1)10-15(12-21-16)17-11-18-19(7-8-20-13-19)6-3-9-23(18)22-17/h1-2,4-5,10-12,20H,3,6-9,13H2. The van der Waals surface area contributed by atoms with Gasteiger partial charge in [-0.15, -0.1) is 0 Å². The van der Waals surface area contributed by atoms with Gasteiger partial charge in [-0.05, 0) is 44.0 Å². The summed E-state index contributed by atoms with van der Waals surface area (Å²) in [6.07, 6.45) is 5.69. The fourth-order valence-electron chi connectivity index (χ4n) is 4.24. The molecule has 116 valence electrons. The van der Waals surface area contributed by atoms with Crippen molar-refractivity contribution in [3.63, 3.8) is 0 Å². The molecule has 1 N–H and O–H groups in total. The number of hydrogen-bond donors (Lipinski definition) is 1. The van der Waals surface area contributed by atoms with Crippen LogP contribution in [0.2, 0.25) is 0 Å². The van der Waals surface area contributed by atoms with Crippen LogP contribution in [0.4, 0.5) is 0 Å². The highest BCUT2D eigenvalue weighted by molar-refractivity contribution is 5.82. The zero-order chi connectivity index (χ0) is 15.3. The summed E-state index contributed by atoms with van der Waals surface area (Å²) in [5, 5.41) is 9.61. The van der Waals surface area contributed by atoms with E-state index in [-0.39, 0.29) is 0 Å². The lowest BCUT2D eigenvalue weighted by atomic mass is 9.77. The van der Waals surface area contributed by atoms with Crippen molar-refractivity contribution in [1.29, 1.82) is 0 Å². The second-order valence-electron chi connectivity index (χ2n) is 6.87. The smallest absolute Gasteiger partial charge is 0.0941 e. The number of aryl methyl sites for hydroxylation is 1. The number of pyridine rings is 1. The van der Waals surface area contributed by atoms with E-state index in [0.717, 1.165) is 36.4 Å². The summed E-state index contributed by atoms with van der Waals surface area (Å²) in [7, 11) is 0. The lowest BCUT2D eigenvalue weighted by molar-refractivity contribution is 0.319. The Kier molecular flexibility index (Phi) is 2.82. The monoisotopic (exact) mass is 304 g/mol. The summed E-state index contributed by atoms with van der Waals surface area (Å²) in [5.74, 6) is 0. The fourth-order valence-corrected chi connectivity index (χ4v) is 4.24. The molecule has 3 aromatic rings. The summed E-state index contributed by atoms with van der Waals surface area (Å²) in [6.45, 7) is 3.25. The molecule has 0 radical (unpaired) electrons. The number of fused-ring (bicyclic) bond motifs is 3. The molecule has 1 saturated heterocycles. The van der Waals surface area contributed by atoms with Crippen LogP contribution >= 0.6 is 0 Å². The second-order valence-corrected chi connectivity index (χ2v) is 6.87. The van der Waals surface area contributed by atoms with E-state index in [0.29, 0.717) is 5.41 Å². The Morgan fingerprint density at radius 1 is 1.13 bits per heavy atom. The highest BCUT2D eigenvalue weighted by Crippen LogP contribution is 2.40. The number of benzene rings is 1. The topological polar surface area (TPSA) is 42.7 Å². The van der Waals surface area contributed by atoms with Crippen LogP contribution in [0.1, 0.15) is 25.0 Å². The number of rotatable bonds is 1. The van der Waals surface area contributed by atoms with E-state index in [2.05, 4.69) is 45.3 Å². The van der Waals surface area contributed by atoms with Crippen molar-refractivity contribution < 1.29 is 0 Å². The first-order valence-electron chi connectivity index (χ1n) is 8.48. The molecule has 1 atom stereocenters. The van der Waals surface area contributed by atoms with Crippen molar-refractivity contribution in [2.45, 2.75) is 31.2 Å². The molecular weight excluding hydrogens is 284 g/mol. The Labute approximate surface area is 135 Å². The fraction of sp³-hybridized carbons (Fsp3) is 0.368. The van der Waals surface area contributed by atoms with E-state index < -0.39 is 0 Å². The quantitative estimate of drug-likeness (QED) is 0.751. The largest absolute Gasteiger partial charge is 0.316 e. The van der Waals surface area contributed by atoms with Crippen LogP contribution in [-0.2, 0) is 12.0 Å². The molecular formula is C19H20N4. The van der Waals surface area contributed by atoms with E-state index in [1.54, 1.807) is 0 Å². The van der Waals surface area contributed by atoms with Crippen LogP contribution in [0.5, 0.6) is 0 Å². The number of aromatic nitrogens is 3. The first-order valence-corrected chi connectivity index (χ1v) is 8.48. The van der Waals surface area contributed by atoms with Gasteiger partial charge in [-0.3, -0.25) is 9.67 Å². The van der Waals surface area contributed by atoms with Crippen molar-refractivity contribution in [1.82, 2.24) is 20.1 Å². The van der Waals surface area contributed by atoms with Crippen LogP contribution in [0.25, 0.3) is 22.2 Å². The number of nitrogens with one attached hydrogen (secondary N) is 1. The van der Waals surface area contributed by atoms with Gasteiger partial charge in [-0.25, -0.2) is 0 Å². The summed E-state index contributed by atoms with van der Waals surface area (Å²) in [5.41, 5.74) is 4.93. The summed E-state index contributed by atoms with van der Waals surface area (Å²) in [6, 6.07) is 12.8. The third-order valence-corrected chi connectivity index (χ3v) is 5.48. The second kappa shape index (κ2) is 4.90. The average molecular weight is 304 g/mol. The first-order chi connectivity index (χ1) is 11.3. The Morgan fingerprint density at radius 3 is 3.00 bits per heavy atom. The SMILES string of the molecule is c1ccc2ncc(-c3cc4n(n3)CCCC43CCNC3)cc2c1. The highest BCUT2D eigenvalue weighted by atomic mass is 15.3. The Hall–Kier alpha value is -2.20. The molecule has 0 aliphatic carbocycles. The van der Waals surface area contributed by atoms with Crippen LogP contribution in [0.15, 0.2) is 42.6 Å². The van der Waals surface area contributed by atoms with Gasteiger partial charge in [0.15, 0.2) is 0 Å². The van der Waals surface area contributed by atoms with Crippen LogP contribution in [-0.4, -0.2) is 27.9 Å². The van der Waals surface area contributed by atoms with Gasteiger partial charge in [-0.2, -0.15) is 5.10 Å². The highest BCUT2D eigenvalue weighted by Gasteiger charge is 2.40. The third kappa shape index (κ3) is 2.01. The molecule has 5 rings (SSSR count).